The van der Waals surface area contributed by atoms with Crippen LogP contribution in [0.2, 0.25) is 0 Å². The summed E-state index contributed by atoms with van der Waals surface area (Å²) >= 11 is 3.83. The summed E-state index contributed by atoms with van der Waals surface area (Å²) < 4.78 is 0. The molecule has 0 atom stereocenters. The van der Waals surface area contributed by atoms with Crippen LogP contribution in [0.3, 0.4) is 0 Å². The fraction of sp³-hybridized carbons (Fsp3) is 1.00. The molecule has 2 heteroatoms. The SMILES string of the molecule is CN(CC1CCCCC1)CC1(CBr)CCCCCC1. The molecule has 1 nitrogen and oxygen atoms in total. The Morgan fingerprint density at radius 3 is 2.11 bits per heavy atom. The molecule has 2 rings (SSSR count). The van der Waals surface area contributed by atoms with Crippen molar-refractivity contribution in [3.05, 3.63) is 0 Å². The zero-order valence-corrected chi connectivity index (χ0v) is 14.4. The predicted octanol–water partition coefficient (Wildman–Crippen LogP) is 5.23. The van der Waals surface area contributed by atoms with E-state index in [1.165, 1.54) is 89.0 Å². The number of nitrogens with zero attached hydrogens (tertiary/aromatic N) is 1. The van der Waals surface area contributed by atoms with Gasteiger partial charge in [-0.05, 0) is 44.1 Å². The normalized spacial score (nSPS) is 25.4. The van der Waals surface area contributed by atoms with Crippen LogP contribution in [0.5, 0.6) is 0 Å². The second-order valence-corrected chi connectivity index (χ2v) is 7.81. The van der Waals surface area contributed by atoms with Crippen molar-refractivity contribution in [1.29, 1.82) is 0 Å². The maximum absolute atomic E-state index is 3.83. The van der Waals surface area contributed by atoms with Crippen molar-refractivity contribution in [2.24, 2.45) is 11.3 Å². The Kier molecular flexibility index (Phi) is 6.68. The molecule has 2 saturated carbocycles. The second-order valence-electron chi connectivity index (χ2n) is 7.25. The minimum absolute atomic E-state index is 0.569. The van der Waals surface area contributed by atoms with E-state index < -0.39 is 0 Å². The van der Waals surface area contributed by atoms with Crippen LogP contribution in [-0.4, -0.2) is 30.4 Å². The molecule has 19 heavy (non-hydrogen) atoms. The van der Waals surface area contributed by atoms with Crippen molar-refractivity contribution in [1.82, 2.24) is 4.90 Å². The lowest BCUT2D eigenvalue weighted by atomic mass is 9.81. The summed E-state index contributed by atoms with van der Waals surface area (Å²) in [5.41, 5.74) is 0.569. The van der Waals surface area contributed by atoms with E-state index in [9.17, 15) is 0 Å². The van der Waals surface area contributed by atoms with Crippen molar-refractivity contribution in [2.75, 3.05) is 25.5 Å². The zero-order chi connectivity index (χ0) is 13.6. The van der Waals surface area contributed by atoms with Crippen molar-refractivity contribution in [3.8, 4) is 0 Å². The van der Waals surface area contributed by atoms with Gasteiger partial charge in [0.1, 0.15) is 0 Å². The molecule has 0 radical (unpaired) electrons. The van der Waals surface area contributed by atoms with Crippen LogP contribution >= 0.6 is 15.9 Å². The molecular weight excluding hydrogens is 298 g/mol. The highest BCUT2D eigenvalue weighted by Crippen LogP contribution is 2.37. The van der Waals surface area contributed by atoms with Gasteiger partial charge in [-0.15, -0.1) is 0 Å². The van der Waals surface area contributed by atoms with E-state index in [2.05, 4.69) is 27.9 Å². The Hall–Kier alpha value is 0.440. The minimum Gasteiger partial charge on any atom is -0.306 e. The second kappa shape index (κ2) is 8.02. The van der Waals surface area contributed by atoms with Crippen LogP contribution < -0.4 is 0 Å². The molecule has 0 aromatic heterocycles. The number of hydrogen-bond donors (Lipinski definition) is 0. The van der Waals surface area contributed by atoms with E-state index in [0.29, 0.717) is 5.41 Å². The van der Waals surface area contributed by atoms with E-state index in [1.807, 2.05) is 0 Å². The third kappa shape index (κ3) is 5.04. The topological polar surface area (TPSA) is 3.24 Å². The van der Waals surface area contributed by atoms with Crippen LogP contribution in [-0.2, 0) is 0 Å². The minimum atomic E-state index is 0.569. The van der Waals surface area contributed by atoms with Crippen molar-refractivity contribution < 1.29 is 0 Å². The first-order valence-electron chi connectivity index (χ1n) is 8.49. The molecule has 0 N–H and O–H groups in total. The Morgan fingerprint density at radius 1 is 0.947 bits per heavy atom. The third-order valence-electron chi connectivity index (χ3n) is 5.35. The van der Waals surface area contributed by atoms with Gasteiger partial charge in [-0.1, -0.05) is 60.9 Å². The van der Waals surface area contributed by atoms with Crippen LogP contribution in [0, 0.1) is 11.3 Å². The summed E-state index contributed by atoms with van der Waals surface area (Å²) in [5.74, 6) is 0.983. The third-order valence-corrected chi connectivity index (χ3v) is 6.54. The number of rotatable bonds is 5. The molecule has 2 fully saturated rings. The van der Waals surface area contributed by atoms with Gasteiger partial charge in [0, 0.05) is 18.4 Å². The van der Waals surface area contributed by atoms with Gasteiger partial charge in [-0.25, -0.2) is 0 Å². The highest BCUT2D eigenvalue weighted by atomic mass is 79.9. The van der Waals surface area contributed by atoms with Gasteiger partial charge in [-0.2, -0.15) is 0 Å². The predicted molar refractivity (Wildman–Crippen MR) is 88.0 cm³/mol. The molecule has 0 saturated heterocycles. The summed E-state index contributed by atoms with van der Waals surface area (Å²) in [6.45, 7) is 2.66. The first-order valence-corrected chi connectivity index (χ1v) is 9.61. The van der Waals surface area contributed by atoms with Gasteiger partial charge in [0.2, 0.25) is 0 Å². The fourth-order valence-corrected chi connectivity index (χ4v) is 5.00. The van der Waals surface area contributed by atoms with Gasteiger partial charge in [0.25, 0.3) is 0 Å². The van der Waals surface area contributed by atoms with Crippen molar-refractivity contribution >= 4 is 15.9 Å². The maximum atomic E-state index is 3.83. The molecule has 0 unspecified atom stereocenters. The molecule has 0 bridgehead atoms. The van der Waals surface area contributed by atoms with Gasteiger partial charge in [0.15, 0.2) is 0 Å². The molecule has 0 heterocycles. The molecule has 0 aromatic carbocycles. The smallest absolute Gasteiger partial charge is 0.0100 e. The molecule has 0 spiro atoms. The first kappa shape index (κ1) is 15.8. The lowest BCUT2D eigenvalue weighted by Crippen LogP contribution is -2.39. The van der Waals surface area contributed by atoms with Crippen LogP contribution in [0.15, 0.2) is 0 Å². The van der Waals surface area contributed by atoms with Crippen LogP contribution in [0.4, 0.5) is 0 Å². The summed E-state index contributed by atoms with van der Waals surface area (Å²) in [7, 11) is 2.36. The Labute approximate surface area is 128 Å². The molecule has 0 amide bonds. The van der Waals surface area contributed by atoms with E-state index in [-0.39, 0.29) is 0 Å². The zero-order valence-electron chi connectivity index (χ0n) is 12.8. The standard InChI is InChI=1S/C17H32BrN/c1-19(13-16-9-5-4-6-10-16)15-17(14-18)11-7-2-3-8-12-17/h16H,2-15H2,1H3. The monoisotopic (exact) mass is 329 g/mol. The lowest BCUT2D eigenvalue weighted by molar-refractivity contribution is 0.147. The molecule has 0 aromatic rings. The quantitative estimate of drug-likeness (QED) is 0.492. The number of hydrogen-bond acceptors (Lipinski definition) is 1. The largest absolute Gasteiger partial charge is 0.306 e. The summed E-state index contributed by atoms with van der Waals surface area (Å²) in [4.78, 5) is 2.66. The fourth-order valence-electron chi connectivity index (χ4n) is 4.26. The molecule has 0 aliphatic heterocycles. The van der Waals surface area contributed by atoms with Gasteiger partial charge in [0.05, 0.1) is 0 Å². The lowest BCUT2D eigenvalue weighted by Gasteiger charge is -2.37. The molecule has 2 aliphatic carbocycles. The van der Waals surface area contributed by atoms with Gasteiger partial charge in [-0.3, -0.25) is 0 Å². The van der Waals surface area contributed by atoms with E-state index in [0.717, 1.165) is 5.92 Å². The molecule has 112 valence electrons. The summed E-state index contributed by atoms with van der Waals surface area (Å²) in [6.07, 6.45) is 16.1. The highest BCUT2D eigenvalue weighted by molar-refractivity contribution is 9.09. The number of alkyl halides is 1. The highest BCUT2D eigenvalue weighted by Gasteiger charge is 2.31. The molecule has 2 aliphatic rings. The average molecular weight is 330 g/mol. The van der Waals surface area contributed by atoms with Crippen molar-refractivity contribution in [3.63, 3.8) is 0 Å². The Morgan fingerprint density at radius 2 is 1.53 bits per heavy atom. The van der Waals surface area contributed by atoms with Crippen molar-refractivity contribution in [2.45, 2.75) is 70.6 Å². The number of halogens is 1. The average Bonchev–Trinajstić information content (AvgIpc) is 2.66. The van der Waals surface area contributed by atoms with Crippen LogP contribution in [0.25, 0.3) is 0 Å². The van der Waals surface area contributed by atoms with E-state index >= 15 is 0 Å². The van der Waals surface area contributed by atoms with Gasteiger partial charge < -0.3 is 4.90 Å². The first-order chi connectivity index (χ1) is 9.24. The van der Waals surface area contributed by atoms with Gasteiger partial charge >= 0.3 is 0 Å². The van der Waals surface area contributed by atoms with E-state index in [4.69, 9.17) is 0 Å². The summed E-state index contributed by atoms with van der Waals surface area (Å²) in [6, 6.07) is 0. The summed E-state index contributed by atoms with van der Waals surface area (Å²) in [5, 5.41) is 1.20. The van der Waals surface area contributed by atoms with Crippen LogP contribution in [0.1, 0.15) is 70.6 Å². The van der Waals surface area contributed by atoms with E-state index in [1.54, 1.807) is 0 Å². The molecular formula is C17H32BrN. The Bertz CT molecular complexity index is 240. The Balaban J connectivity index is 1.82. The maximum Gasteiger partial charge on any atom is 0.0100 e.